The van der Waals surface area contributed by atoms with Crippen molar-refractivity contribution < 1.29 is 18.5 Å². The zero-order valence-electron chi connectivity index (χ0n) is 12.3. The number of aryl methyl sites for hydroxylation is 2. The average molecular weight is 324 g/mol. The molecule has 0 spiro atoms. The van der Waals surface area contributed by atoms with E-state index < -0.39 is 22.5 Å². The number of benzene rings is 1. The molecule has 9 heteroatoms. The molecule has 1 aromatic carbocycles. The summed E-state index contributed by atoms with van der Waals surface area (Å²) in [6.45, 7) is 1.99. The Bertz CT molecular complexity index is 746. The van der Waals surface area contributed by atoms with Crippen LogP contribution in [0.1, 0.15) is 18.5 Å². The second-order valence-corrected chi connectivity index (χ2v) is 4.90. The van der Waals surface area contributed by atoms with E-state index in [4.69, 9.17) is 0 Å². The molecule has 0 saturated carbocycles. The first-order valence-corrected chi connectivity index (χ1v) is 6.80. The molecule has 1 N–H and O–H groups in total. The minimum atomic E-state index is -0.850. The molecule has 0 aliphatic rings. The predicted octanol–water partition coefficient (Wildman–Crippen LogP) is 2.80. The van der Waals surface area contributed by atoms with E-state index in [1.807, 2.05) is 0 Å². The molecule has 2 aromatic rings. The first-order valence-electron chi connectivity index (χ1n) is 6.80. The highest BCUT2D eigenvalue weighted by Crippen LogP contribution is 2.16. The number of hydrogen-bond donors (Lipinski definition) is 1. The summed E-state index contributed by atoms with van der Waals surface area (Å²) in [4.78, 5) is 21.7. The highest BCUT2D eigenvalue weighted by atomic mass is 19.1. The van der Waals surface area contributed by atoms with E-state index in [0.717, 1.165) is 12.1 Å². The molecule has 0 aliphatic heterocycles. The third kappa shape index (κ3) is 4.31. The average Bonchev–Trinajstić information content (AvgIpc) is 2.84. The lowest BCUT2D eigenvalue weighted by atomic mass is 10.2. The molecule has 0 fully saturated rings. The monoisotopic (exact) mass is 324 g/mol. The lowest BCUT2D eigenvalue weighted by Crippen LogP contribution is -2.14. The van der Waals surface area contributed by atoms with E-state index in [1.54, 1.807) is 6.92 Å². The first-order chi connectivity index (χ1) is 10.9. The van der Waals surface area contributed by atoms with Gasteiger partial charge in [-0.1, -0.05) is 0 Å². The highest BCUT2D eigenvalue weighted by molar-refractivity contribution is 5.90. The SMILES string of the molecule is Cc1cc([N+](=O)[O-])nn1CCCC(=O)Nc1ccc(F)cc1F. The fourth-order valence-electron chi connectivity index (χ4n) is 2.00. The molecule has 0 bridgehead atoms. The Kier molecular flexibility index (Phi) is 4.99. The summed E-state index contributed by atoms with van der Waals surface area (Å²) in [6.07, 6.45) is 0.443. The summed E-state index contributed by atoms with van der Waals surface area (Å²) in [6, 6.07) is 4.21. The normalized spacial score (nSPS) is 10.6. The second kappa shape index (κ2) is 6.95. The van der Waals surface area contributed by atoms with Gasteiger partial charge in [0, 0.05) is 12.5 Å². The minimum absolute atomic E-state index is 0.0733. The number of nitro groups is 1. The van der Waals surface area contributed by atoms with Crippen molar-refractivity contribution in [2.24, 2.45) is 0 Å². The number of nitrogens with zero attached hydrogens (tertiary/aromatic N) is 3. The number of rotatable bonds is 6. The lowest BCUT2D eigenvalue weighted by molar-refractivity contribution is -0.389. The van der Waals surface area contributed by atoms with Gasteiger partial charge < -0.3 is 15.4 Å². The van der Waals surface area contributed by atoms with Crippen LogP contribution in [0.5, 0.6) is 0 Å². The summed E-state index contributed by atoms with van der Waals surface area (Å²) in [5.74, 6) is -2.26. The van der Waals surface area contributed by atoms with Crippen molar-refractivity contribution >= 4 is 17.4 Å². The zero-order valence-corrected chi connectivity index (χ0v) is 12.3. The molecule has 2 rings (SSSR count). The van der Waals surface area contributed by atoms with Crippen LogP contribution in [0.2, 0.25) is 0 Å². The molecular weight excluding hydrogens is 310 g/mol. The predicted molar refractivity (Wildman–Crippen MR) is 77.8 cm³/mol. The van der Waals surface area contributed by atoms with Crippen LogP contribution in [0.15, 0.2) is 24.3 Å². The van der Waals surface area contributed by atoms with Crippen molar-refractivity contribution in [1.29, 1.82) is 0 Å². The molecule has 0 radical (unpaired) electrons. The topological polar surface area (TPSA) is 90.1 Å². The molecule has 0 unspecified atom stereocenters. The van der Waals surface area contributed by atoms with Gasteiger partial charge in [0.05, 0.1) is 29.1 Å². The molecule has 1 aromatic heterocycles. The fraction of sp³-hybridized carbons (Fsp3) is 0.286. The Labute approximate surface area is 130 Å². The summed E-state index contributed by atoms with van der Waals surface area (Å²) in [5.41, 5.74) is 0.518. The van der Waals surface area contributed by atoms with Crippen molar-refractivity contribution in [2.45, 2.75) is 26.3 Å². The summed E-state index contributed by atoms with van der Waals surface area (Å²) >= 11 is 0. The molecule has 1 amide bonds. The van der Waals surface area contributed by atoms with Gasteiger partial charge in [0.1, 0.15) is 11.6 Å². The molecule has 23 heavy (non-hydrogen) atoms. The first kappa shape index (κ1) is 16.5. The van der Waals surface area contributed by atoms with Crippen LogP contribution < -0.4 is 5.32 Å². The van der Waals surface area contributed by atoms with Crippen LogP contribution in [0.25, 0.3) is 0 Å². The van der Waals surface area contributed by atoms with Crippen LogP contribution in [-0.4, -0.2) is 20.6 Å². The molecular formula is C14H14F2N4O3. The number of halogens is 2. The van der Waals surface area contributed by atoms with Gasteiger partial charge in [-0.25, -0.2) is 8.78 Å². The van der Waals surface area contributed by atoms with Gasteiger partial charge in [-0.15, -0.1) is 0 Å². The standard InChI is InChI=1S/C14H14F2N4O3/c1-9-7-13(20(22)23)18-19(9)6-2-3-14(21)17-12-5-4-10(15)8-11(12)16/h4-5,7-8H,2-3,6H2,1H3,(H,17,21). The van der Waals surface area contributed by atoms with Crippen LogP contribution in [0.3, 0.4) is 0 Å². The maximum atomic E-state index is 13.4. The van der Waals surface area contributed by atoms with Gasteiger partial charge >= 0.3 is 5.82 Å². The van der Waals surface area contributed by atoms with Gasteiger partial charge in [-0.05, 0) is 30.4 Å². The van der Waals surface area contributed by atoms with E-state index in [1.165, 1.54) is 10.7 Å². The Morgan fingerprint density at radius 3 is 2.74 bits per heavy atom. The van der Waals surface area contributed by atoms with E-state index in [-0.39, 0.29) is 17.9 Å². The van der Waals surface area contributed by atoms with E-state index in [2.05, 4.69) is 10.4 Å². The van der Waals surface area contributed by atoms with Crippen LogP contribution in [0.4, 0.5) is 20.3 Å². The van der Waals surface area contributed by atoms with Gasteiger partial charge in [-0.3, -0.25) is 4.79 Å². The Morgan fingerprint density at radius 1 is 1.39 bits per heavy atom. The smallest absolute Gasteiger partial charge is 0.358 e. The number of nitrogens with one attached hydrogen (secondary N) is 1. The largest absolute Gasteiger partial charge is 0.390 e. The summed E-state index contributed by atoms with van der Waals surface area (Å²) in [5, 5.41) is 16.8. The fourth-order valence-corrected chi connectivity index (χ4v) is 2.00. The number of anilines is 1. The number of amides is 1. The molecule has 7 nitrogen and oxygen atoms in total. The highest BCUT2D eigenvalue weighted by Gasteiger charge is 2.15. The third-order valence-electron chi connectivity index (χ3n) is 3.13. The number of carbonyl (C=O) groups is 1. The van der Waals surface area contributed by atoms with Crippen molar-refractivity contribution in [3.05, 3.63) is 51.7 Å². The Morgan fingerprint density at radius 2 is 2.13 bits per heavy atom. The molecule has 122 valence electrons. The quantitative estimate of drug-likeness (QED) is 0.653. The van der Waals surface area contributed by atoms with Crippen LogP contribution >= 0.6 is 0 Å². The number of aromatic nitrogens is 2. The lowest BCUT2D eigenvalue weighted by Gasteiger charge is -2.06. The van der Waals surface area contributed by atoms with Crippen molar-refractivity contribution in [3.8, 4) is 0 Å². The Hall–Kier alpha value is -2.84. The van der Waals surface area contributed by atoms with Gasteiger partial charge in [0.15, 0.2) is 0 Å². The van der Waals surface area contributed by atoms with Crippen molar-refractivity contribution in [3.63, 3.8) is 0 Å². The van der Waals surface area contributed by atoms with E-state index in [9.17, 15) is 23.7 Å². The Balaban J connectivity index is 1.86. The van der Waals surface area contributed by atoms with Gasteiger partial charge in [0.2, 0.25) is 5.91 Å². The van der Waals surface area contributed by atoms with E-state index >= 15 is 0 Å². The maximum Gasteiger partial charge on any atom is 0.390 e. The molecule has 0 aliphatic carbocycles. The summed E-state index contributed by atoms with van der Waals surface area (Å²) in [7, 11) is 0. The van der Waals surface area contributed by atoms with Gasteiger partial charge in [-0.2, -0.15) is 4.68 Å². The molecule has 0 atom stereocenters. The van der Waals surface area contributed by atoms with Crippen molar-refractivity contribution in [2.75, 3.05) is 5.32 Å². The second-order valence-electron chi connectivity index (χ2n) is 4.90. The van der Waals surface area contributed by atoms with Gasteiger partial charge in [0.25, 0.3) is 0 Å². The van der Waals surface area contributed by atoms with Crippen molar-refractivity contribution in [1.82, 2.24) is 9.78 Å². The molecule has 0 saturated heterocycles. The third-order valence-corrected chi connectivity index (χ3v) is 3.13. The summed E-state index contributed by atoms with van der Waals surface area (Å²) < 4.78 is 27.6. The number of carbonyl (C=O) groups excluding carboxylic acids is 1. The molecule has 1 heterocycles. The number of hydrogen-bond acceptors (Lipinski definition) is 4. The van der Waals surface area contributed by atoms with Crippen LogP contribution in [-0.2, 0) is 11.3 Å². The zero-order chi connectivity index (χ0) is 17.0. The van der Waals surface area contributed by atoms with Crippen LogP contribution in [0, 0.1) is 28.7 Å². The maximum absolute atomic E-state index is 13.4. The minimum Gasteiger partial charge on any atom is -0.358 e. The van der Waals surface area contributed by atoms with E-state index in [0.29, 0.717) is 24.7 Å².